The molecule has 0 aliphatic carbocycles. The summed E-state index contributed by atoms with van der Waals surface area (Å²) in [6, 6.07) is 9.58. The first-order chi connectivity index (χ1) is 10.7. The maximum absolute atomic E-state index is 12.1. The summed E-state index contributed by atoms with van der Waals surface area (Å²) in [5.74, 6) is 0.131. The van der Waals surface area contributed by atoms with Crippen LogP contribution in [0, 0.1) is 0 Å². The average Bonchev–Trinajstić information content (AvgIpc) is 3.09. The average molecular weight is 304 g/mol. The van der Waals surface area contributed by atoms with Crippen LogP contribution < -0.4 is 0 Å². The van der Waals surface area contributed by atoms with Gasteiger partial charge >= 0.3 is 6.09 Å². The number of ether oxygens (including phenoxy) is 1. The largest absolute Gasteiger partial charge is 0.445 e. The van der Waals surface area contributed by atoms with Crippen LogP contribution in [-0.2, 0) is 16.1 Å². The van der Waals surface area contributed by atoms with Gasteiger partial charge in [0.1, 0.15) is 6.61 Å². The minimum atomic E-state index is -0.361. The number of nitrogens with zero attached hydrogens (tertiary/aromatic N) is 2. The van der Waals surface area contributed by atoms with E-state index in [0.29, 0.717) is 19.5 Å². The number of carbonyl (C=O) groups is 2. The standard InChI is InChI=1S/C17H24N2O3/c1-2-18(13-10-16(20)19-11-6-7-12-19)17(21)22-14-15-8-4-3-5-9-15/h3-5,8-9H,2,6-7,10-14H2,1H3. The SMILES string of the molecule is CCN(CCC(=O)N1CCCC1)C(=O)OCc1ccccc1. The number of hydrogen-bond donors (Lipinski definition) is 0. The highest BCUT2D eigenvalue weighted by molar-refractivity contribution is 5.77. The summed E-state index contributed by atoms with van der Waals surface area (Å²) >= 11 is 0. The zero-order valence-electron chi connectivity index (χ0n) is 13.2. The molecule has 0 atom stereocenters. The van der Waals surface area contributed by atoms with Crippen LogP contribution in [0.4, 0.5) is 4.79 Å². The Morgan fingerprint density at radius 3 is 2.50 bits per heavy atom. The zero-order valence-corrected chi connectivity index (χ0v) is 13.2. The van der Waals surface area contributed by atoms with Crippen molar-refractivity contribution in [2.75, 3.05) is 26.2 Å². The number of rotatable bonds is 6. The van der Waals surface area contributed by atoms with Gasteiger partial charge in [-0.25, -0.2) is 4.79 Å². The van der Waals surface area contributed by atoms with E-state index < -0.39 is 0 Å². The Hall–Kier alpha value is -2.04. The molecule has 1 fully saturated rings. The molecule has 1 aromatic rings. The predicted octanol–water partition coefficient (Wildman–Crippen LogP) is 2.66. The van der Waals surface area contributed by atoms with Crippen LogP contribution >= 0.6 is 0 Å². The van der Waals surface area contributed by atoms with E-state index in [1.807, 2.05) is 42.2 Å². The molecule has 1 aliphatic heterocycles. The number of likely N-dealkylation sites (tertiary alicyclic amines) is 1. The summed E-state index contributed by atoms with van der Waals surface area (Å²) < 4.78 is 5.30. The lowest BCUT2D eigenvalue weighted by molar-refractivity contribution is -0.130. The molecule has 0 bridgehead atoms. The van der Waals surface area contributed by atoms with Gasteiger partial charge in [0.15, 0.2) is 0 Å². The van der Waals surface area contributed by atoms with E-state index in [9.17, 15) is 9.59 Å². The topological polar surface area (TPSA) is 49.9 Å². The number of benzene rings is 1. The highest BCUT2D eigenvalue weighted by Crippen LogP contribution is 2.10. The second-order valence-electron chi connectivity index (χ2n) is 5.46. The third-order valence-electron chi connectivity index (χ3n) is 3.90. The number of carbonyl (C=O) groups excluding carboxylic acids is 2. The van der Waals surface area contributed by atoms with E-state index in [0.717, 1.165) is 31.5 Å². The molecule has 0 spiro atoms. The first-order valence-electron chi connectivity index (χ1n) is 7.94. The van der Waals surface area contributed by atoms with Crippen LogP contribution in [0.5, 0.6) is 0 Å². The van der Waals surface area contributed by atoms with Crippen molar-refractivity contribution in [3.63, 3.8) is 0 Å². The minimum absolute atomic E-state index is 0.131. The molecule has 2 rings (SSSR count). The summed E-state index contributed by atoms with van der Waals surface area (Å²) in [6.45, 7) is 4.81. The van der Waals surface area contributed by atoms with Gasteiger partial charge in [-0.3, -0.25) is 4.79 Å². The fraction of sp³-hybridized carbons (Fsp3) is 0.529. The monoisotopic (exact) mass is 304 g/mol. The zero-order chi connectivity index (χ0) is 15.8. The second kappa shape index (κ2) is 8.41. The van der Waals surface area contributed by atoms with E-state index >= 15 is 0 Å². The molecule has 22 heavy (non-hydrogen) atoms. The van der Waals surface area contributed by atoms with Crippen molar-refractivity contribution in [1.29, 1.82) is 0 Å². The van der Waals surface area contributed by atoms with E-state index in [1.165, 1.54) is 0 Å². The molecule has 1 aliphatic rings. The van der Waals surface area contributed by atoms with Gasteiger partial charge in [-0.15, -0.1) is 0 Å². The Kier molecular flexibility index (Phi) is 6.25. The number of amides is 2. The molecule has 5 heteroatoms. The van der Waals surface area contributed by atoms with Crippen molar-refractivity contribution >= 4 is 12.0 Å². The van der Waals surface area contributed by atoms with E-state index in [-0.39, 0.29) is 18.6 Å². The molecular weight excluding hydrogens is 280 g/mol. The normalized spacial score (nSPS) is 14.0. The Labute approximate surface area is 131 Å². The molecule has 1 saturated heterocycles. The lowest BCUT2D eigenvalue weighted by atomic mass is 10.2. The van der Waals surface area contributed by atoms with Gasteiger partial charge in [-0.2, -0.15) is 0 Å². The molecule has 1 aromatic carbocycles. The predicted molar refractivity (Wildman–Crippen MR) is 84.3 cm³/mol. The van der Waals surface area contributed by atoms with Gasteiger partial charge in [-0.05, 0) is 25.3 Å². The molecule has 0 N–H and O–H groups in total. The summed E-state index contributed by atoms with van der Waals surface area (Å²) in [7, 11) is 0. The van der Waals surface area contributed by atoms with Gasteiger partial charge in [0.05, 0.1) is 0 Å². The van der Waals surface area contributed by atoms with E-state index in [4.69, 9.17) is 4.74 Å². The molecule has 0 unspecified atom stereocenters. The summed E-state index contributed by atoms with van der Waals surface area (Å²) in [5, 5.41) is 0. The quantitative estimate of drug-likeness (QED) is 0.812. The van der Waals surface area contributed by atoms with Crippen molar-refractivity contribution < 1.29 is 14.3 Å². The van der Waals surface area contributed by atoms with Gasteiger partial charge < -0.3 is 14.5 Å². The summed E-state index contributed by atoms with van der Waals surface area (Å²) in [5.41, 5.74) is 0.958. The minimum Gasteiger partial charge on any atom is -0.445 e. The molecule has 5 nitrogen and oxygen atoms in total. The van der Waals surface area contributed by atoms with Crippen LogP contribution in [-0.4, -0.2) is 48.0 Å². The molecule has 0 aromatic heterocycles. The maximum atomic E-state index is 12.1. The van der Waals surface area contributed by atoms with Gasteiger partial charge in [0.25, 0.3) is 0 Å². The van der Waals surface area contributed by atoms with E-state index in [1.54, 1.807) is 4.90 Å². The first kappa shape index (κ1) is 16.3. The number of hydrogen-bond acceptors (Lipinski definition) is 3. The first-order valence-corrected chi connectivity index (χ1v) is 7.94. The van der Waals surface area contributed by atoms with Gasteiger partial charge in [0.2, 0.25) is 5.91 Å². The van der Waals surface area contributed by atoms with Crippen LogP contribution in [0.3, 0.4) is 0 Å². The highest BCUT2D eigenvalue weighted by Gasteiger charge is 2.20. The van der Waals surface area contributed by atoms with Crippen molar-refractivity contribution in [1.82, 2.24) is 9.80 Å². The molecule has 120 valence electrons. The van der Waals surface area contributed by atoms with Gasteiger partial charge in [0, 0.05) is 32.6 Å². The fourth-order valence-electron chi connectivity index (χ4n) is 2.54. The third kappa shape index (κ3) is 4.76. The molecule has 2 amide bonds. The van der Waals surface area contributed by atoms with Crippen molar-refractivity contribution in [2.45, 2.75) is 32.8 Å². The maximum Gasteiger partial charge on any atom is 0.410 e. The second-order valence-corrected chi connectivity index (χ2v) is 5.46. The molecular formula is C17H24N2O3. The lowest BCUT2D eigenvalue weighted by Crippen LogP contribution is -2.36. The fourth-order valence-corrected chi connectivity index (χ4v) is 2.54. The van der Waals surface area contributed by atoms with Crippen LogP contribution in [0.2, 0.25) is 0 Å². The summed E-state index contributed by atoms with van der Waals surface area (Å²) in [4.78, 5) is 27.5. The van der Waals surface area contributed by atoms with E-state index in [2.05, 4.69) is 0 Å². The molecule has 1 heterocycles. The molecule has 0 saturated carbocycles. The summed E-state index contributed by atoms with van der Waals surface area (Å²) in [6.07, 6.45) is 2.18. The Balaban J connectivity index is 1.75. The smallest absolute Gasteiger partial charge is 0.410 e. The van der Waals surface area contributed by atoms with Gasteiger partial charge in [-0.1, -0.05) is 30.3 Å². The lowest BCUT2D eigenvalue weighted by Gasteiger charge is -2.22. The Morgan fingerprint density at radius 2 is 1.86 bits per heavy atom. The van der Waals surface area contributed by atoms with Crippen LogP contribution in [0.25, 0.3) is 0 Å². The Bertz CT molecular complexity index is 484. The highest BCUT2D eigenvalue weighted by atomic mass is 16.6. The van der Waals surface area contributed by atoms with Crippen LogP contribution in [0.15, 0.2) is 30.3 Å². The molecule has 0 radical (unpaired) electrons. The van der Waals surface area contributed by atoms with Crippen molar-refractivity contribution in [3.05, 3.63) is 35.9 Å². The van der Waals surface area contributed by atoms with Crippen molar-refractivity contribution in [3.8, 4) is 0 Å². The third-order valence-corrected chi connectivity index (χ3v) is 3.90. The van der Waals surface area contributed by atoms with Crippen LogP contribution in [0.1, 0.15) is 31.7 Å². The Morgan fingerprint density at radius 1 is 1.18 bits per heavy atom. The van der Waals surface area contributed by atoms with Crippen molar-refractivity contribution in [2.24, 2.45) is 0 Å².